The monoisotopic (exact) mass is 508 g/mol. The molecule has 0 unspecified atom stereocenters. The van der Waals surface area contributed by atoms with E-state index in [1.807, 2.05) is 12.3 Å². The predicted molar refractivity (Wildman–Crippen MR) is 139 cm³/mol. The number of fused-ring (bicyclic) bond motifs is 3. The molecule has 3 aliphatic heterocycles. The minimum absolute atomic E-state index is 0.308. The Bertz CT molecular complexity index is 1400. The van der Waals surface area contributed by atoms with E-state index in [2.05, 4.69) is 25.8 Å². The van der Waals surface area contributed by atoms with Gasteiger partial charge < -0.3 is 19.4 Å². The molecule has 1 aromatic carbocycles. The van der Waals surface area contributed by atoms with Gasteiger partial charge in [-0.25, -0.2) is 14.4 Å². The molecule has 1 N–H and O–H groups in total. The summed E-state index contributed by atoms with van der Waals surface area (Å²) >= 11 is 1.76. The largest absolute Gasteiger partial charge is 0.378 e. The zero-order valence-electron chi connectivity index (χ0n) is 20.1. The van der Waals surface area contributed by atoms with Crippen molar-refractivity contribution in [2.24, 2.45) is 0 Å². The van der Waals surface area contributed by atoms with Crippen molar-refractivity contribution < 1.29 is 13.9 Å². The van der Waals surface area contributed by atoms with E-state index < -0.39 is 0 Å². The van der Waals surface area contributed by atoms with Crippen LogP contribution in [0.15, 0.2) is 30.5 Å². The molecule has 6 heterocycles. The van der Waals surface area contributed by atoms with Crippen molar-refractivity contribution in [3.05, 3.63) is 41.2 Å². The van der Waals surface area contributed by atoms with Crippen LogP contribution in [0.5, 0.6) is 0 Å². The minimum Gasteiger partial charge on any atom is -0.378 e. The lowest BCUT2D eigenvalue weighted by atomic mass is 10.1. The number of anilines is 1. The highest BCUT2D eigenvalue weighted by Crippen LogP contribution is 2.37. The molecule has 4 aromatic rings. The van der Waals surface area contributed by atoms with E-state index >= 15 is 4.39 Å². The van der Waals surface area contributed by atoms with E-state index in [4.69, 9.17) is 19.4 Å². The Morgan fingerprint density at radius 2 is 1.92 bits per heavy atom. The Morgan fingerprint density at radius 3 is 2.83 bits per heavy atom. The summed E-state index contributed by atoms with van der Waals surface area (Å²) in [6.07, 6.45) is 1.83. The van der Waals surface area contributed by atoms with Crippen LogP contribution >= 0.6 is 11.3 Å². The summed E-state index contributed by atoms with van der Waals surface area (Å²) in [7, 11) is 0. The molecule has 3 saturated heterocycles. The second kappa shape index (κ2) is 9.35. The molecule has 3 aromatic heterocycles. The van der Waals surface area contributed by atoms with Crippen molar-refractivity contribution in [2.75, 3.05) is 70.6 Å². The topological polar surface area (TPSA) is 69.8 Å². The number of nitrogens with zero attached hydrogens (tertiary/aromatic N) is 5. The molecule has 0 spiro atoms. The molecular weight excluding hydrogens is 479 g/mol. The molecule has 0 amide bonds. The summed E-state index contributed by atoms with van der Waals surface area (Å²) in [4.78, 5) is 21.7. The number of piperazine rings is 1. The molecule has 0 aliphatic carbocycles. The number of morpholine rings is 2. The minimum atomic E-state index is -0.308. The number of rotatable bonds is 4. The van der Waals surface area contributed by atoms with Crippen LogP contribution in [0.25, 0.3) is 32.5 Å². The van der Waals surface area contributed by atoms with Crippen LogP contribution in [0.3, 0.4) is 0 Å². The standard InChI is InChI=1S/C26H29FN6O2S/c27-20-1-2-21-19(3-4-28-21)23(20)25-29-22-13-18(15-31-5-6-32-7-12-35-16-17(32)14-31)36-24(22)26(30-25)33-8-10-34-11-9-33/h1-4,13,17,28H,5-12,14-16H2/t17-/m0/s1. The number of aromatic nitrogens is 3. The fraction of sp³-hybridized carbons (Fsp3) is 0.462. The maximum Gasteiger partial charge on any atom is 0.165 e. The molecule has 0 saturated carbocycles. The molecule has 8 nitrogen and oxygen atoms in total. The third kappa shape index (κ3) is 4.06. The first-order valence-electron chi connectivity index (χ1n) is 12.7. The molecule has 1 atom stereocenters. The SMILES string of the molecule is Fc1ccc2[nH]ccc2c1-c1nc(N2CCOCC2)c2sc(CN3CCN4CCOC[C@@H]4C3)cc2n1. The first-order valence-corrected chi connectivity index (χ1v) is 13.5. The smallest absolute Gasteiger partial charge is 0.165 e. The third-order valence-corrected chi connectivity index (χ3v) is 8.63. The Kier molecular flexibility index (Phi) is 5.86. The van der Waals surface area contributed by atoms with Gasteiger partial charge in [0.05, 0.1) is 42.2 Å². The van der Waals surface area contributed by atoms with E-state index in [-0.39, 0.29) is 5.82 Å². The number of aromatic amines is 1. The van der Waals surface area contributed by atoms with Crippen LogP contribution in [-0.4, -0.2) is 96.5 Å². The van der Waals surface area contributed by atoms with Gasteiger partial charge in [-0.3, -0.25) is 9.80 Å². The van der Waals surface area contributed by atoms with Crippen LogP contribution in [-0.2, 0) is 16.0 Å². The number of hydrogen-bond acceptors (Lipinski definition) is 8. The van der Waals surface area contributed by atoms with E-state index in [0.717, 1.165) is 86.0 Å². The fourth-order valence-electron chi connectivity index (χ4n) is 5.65. The predicted octanol–water partition coefficient (Wildman–Crippen LogP) is 3.33. The van der Waals surface area contributed by atoms with Gasteiger partial charge in [-0.05, 0) is 24.3 Å². The van der Waals surface area contributed by atoms with Crippen molar-refractivity contribution in [3.63, 3.8) is 0 Å². The molecule has 188 valence electrons. The van der Waals surface area contributed by atoms with Gasteiger partial charge >= 0.3 is 0 Å². The van der Waals surface area contributed by atoms with Crippen molar-refractivity contribution in [1.82, 2.24) is 24.8 Å². The Hall–Kier alpha value is -2.63. The Morgan fingerprint density at radius 1 is 1.03 bits per heavy atom. The molecule has 3 fully saturated rings. The van der Waals surface area contributed by atoms with E-state index in [1.54, 1.807) is 17.4 Å². The number of hydrogen-bond donors (Lipinski definition) is 1. The van der Waals surface area contributed by atoms with Gasteiger partial charge in [-0.1, -0.05) is 0 Å². The summed E-state index contributed by atoms with van der Waals surface area (Å²) in [5, 5.41) is 0.797. The molecule has 10 heteroatoms. The number of ether oxygens (including phenoxy) is 2. The summed E-state index contributed by atoms with van der Waals surface area (Å²) in [5.41, 5.74) is 2.21. The van der Waals surface area contributed by atoms with Gasteiger partial charge in [0, 0.05) is 73.8 Å². The van der Waals surface area contributed by atoms with Gasteiger partial charge in [0.25, 0.3) is 0 Å². The van der Waals surface area contributed by atoms with Crippen molar-refractivity contribution in [2.45, 2.75) is 12.6 Å². The molecule has 0 radical (unpaired) electrons. The quantitative estimate of drug-likeness (QED) is 0.454. The lowest BCUT2D eigenvalue weighted by Gasteiger charge is -2.43. The van der Waals surface area contributed by atoms with Crippen molar-refractivity contribution >= 4 is 38.3 Å². The zero-order chi connectivity index (χ0) is 24.1. The molecular formula is C26H29FN6O2S. The number of nitrogens with one attached hydrogen (secondary N) is 1. The van der Waals surface area contributed by atoms with Gasteiger partial charge in [0.15, 0.2) is 11.6 Å². The Labute approximate surface area is 212 Å². The molecule has 36 heavy (non-hydrogen) atoms. The highest BCUT2D eigenvalue weighted by atomic mass is 32.1. The molecule has 7 rings (SSSR count). The van der Waals surface area contributed by atoms with E-state index in [0.29, 0.717) is 30.6 Å². The highest BCUT2D eigenvalue weighted by Gasteiger charge is 2.30. The van der Waals surface area contributed by atoms with Crippen LogP contribution in [0.2, 0.25) is 0 Å². The highest BCUT2D eigenvalue weighted by molar-refractivity contribution is 7.19. The summed E-state index contributed by atoms with van der Waals surface area (Å²) < 4.78 is 27.6. The number of halogens is 1. The zero-order valence-corrected chi connectivity index (χ0v) is 20.9. The van der Waals surface area contributed by atoms with Gasteiger partial charge in [-0.2, -0.15) is 0 Å². The number of thiophene rings is 1. The first kappa shape index (κ1) is 22.6. The van der Waals surface area contributed by atoms with E-state index in [9.17, 15) is 0 Å². The Balaban J connectivity index is 1.27. The van der Waals surface area contributed by atoms with Crippen molar-refractivity contribution in [3.8, 4) is 11.4 Å². The van der Waals surface area contributed by atoms with Gasteiger partial charge in [0.1, 0.15) is 5.82 Å². The molecule has 3 aliphatic rings. The number of H-pyrrole nitrogens is 1. The maximum absolute atomic E-state index is 15.2. The average Bonchev–Trinajstić information content (AvgIpc) is 3.55. The van der Waals surface area contributed by atoms with E-state index in [1.165, 1.54) is 10.9 Å². The maximum atomic E-state index is 15.2. The van der Waals surface area contributed by atoms with Gasteiger partial charge in [-0.15, -0.1) is 11.3 Å². The first-order chi connectivity index (χ1) is 17.7. The average molecular weight is 509 g/mol. The fourth-order valence-corrected chi connectivity index (χ4v) is 6.81. The second-order valence-corrected chi connectivity index (χ2v) is 10.9. The lowest BCUT2D eigenvalue weighted by Crippen LogP contribution is -2.57. The van der Waals surface area contributed by atoms with Crippen LogP contribution < -0.4 is 4.90 Å². The summed E-state index contributed by atoms with van der Waals surface area (Å²) in [6, 6.07) is 7.79. The third-order valence-electron chi connectivity index (χ3n) is 7.52. The van der Waals surface area contributed by atoms with Crippen molar-refractivity contribution in [1.29, 1.82) is 0 Å². The van der Waals surface area contributed by atoms with Crippen LogP contribution in [0, 0.1) is 5.82 Å². The normalized spacial score (nSPS) is 21.9. The van der Waals surface area contributed by atoms with Crippen LogP contribution in [0.1, 0.15) is 4.88 Å². The summed E-state index contributed by atoms with van der Waals surface area (Å²) in [5.74, 6) is 1.01. The molecule has 0 bridgehead atoms. The van der Waals surface area contributed by atoms with Gasteiger partial charge in [0.2, 0.25) is 0 Å². The van der Waals surface area contributed by atoms with Crippen LogP contribution in [0.4, 0.5) is 10.2 Å². The second-order valence-electron chi connectivity index (χ2n) is 9.76. The lowest BCUT2D eigenvalue weighted by molar-refractivity contribution is -0.0460. The summed E-state index contributed by atoms with van der Waals surface area (Å²) in [6.45, 7) is 9.58. The number of benzene rings is 1.